The van der Waals surface area contributed by atoms with Gasteiger partial charge in [-0.15, -0.1) is 0 Å². The van der Waals surface area contributed by atoms with E-state index in [-0.39, 0.29) is 6.04 Å². The maximum atomic E-state index is 6.01. The second kappa shape index (κ2) is 6.06. The van der Waals surface area contributed by atoms with Crippen molar-refractivity contribution in [1.82, 2.24) is 10.4 Å². The lowest BCUT2D eigenvalue weighted by atomic mass is 10.0. The second-order valence-electron chi connectivity index (χ2n) is 4.17. The molecule has 3 N–H and O–H groups in total. The average Bonchev–Trinajstić information content (AvgIpc) is 2.82. The van der Waals surface area contributed by atoms with E-state index in [4.69, 9.17) is 26.6 Å². The SMILES string of the molecule is COc1ccc(Cl)cc1CC(NN)c1coc(C)n1. The Kier molecular flexibility index (Phi) is 4.42. The highest BCUT2D eigenvalue weighted by molar-refractivity contribution is 6.30. The van der Waals surface area contributed by atoms with Crippen LogP contribution >= 0.6 is 11.6 Å². The zero-order valence-corrected chi connectivity index (χ0v) is 11.6. The molecule has 1 heterocycles. The van der Waals surface area contributed by atoms with Gasteiger partial charge in [0.05, 0.1) is 18.8 Å². The van der Waals surface area contributed by atoms with Crippen LogP contribution in [0.1, 0.15) is 23.2 Å². The molecule has 102 valence electrons. The third-order valence-electron chi connectivity index (χ3n) is 2.86. The summed E-state index contributed by atoms with van der Waals surface area (Å²) in [5, 5.41) is 0.655. The molecular formula is C13H16ClN3O2. The molecule has 1 aromatic carbocycles. The molecule has 0 bridgehead atoms. The Bertz CT molecular complexity index is 557. The molecular weight excluding hydrogens is 266 g/mol. The predicted octanol–water partition coefficient (Wildman–Crippen LogP) is 2.39. The van der Waals surface area contributed by atoms with Crippen LogP contribution in [0.4, 0.5) is 0 Å². The molecule has 0 spiro atoms. The van der Waals surface area contributed by atoms with Gasteiger partial charge >= 0.3 is 0 Å². The molecule has 6 heteroatoms. The Balaban J connectivity index is 2.25. The van der Waals surface area contributed by atoms with Crippen molar-refractivity contribution in [3.05, 3.63) is 46.6 Å². The van der Waals surface area contributed by atoms with Crippen LogP contribution in [0.15, 0.2) is 28.9 Å². The van der Waals surface area contributed by atoms with Gasteiger partial charge in [-0.3, -0.25) is 11.3 Å². The van der Waals surface area contributed by atoms with E-state index in [1.54, 1.807) is 26.4 Å². The average molecular weight is 282 g/mol. The van der Waals surface area contributed by atoms with Crippen molar-refractivity contribution < 1.29 is 9.15 Å². The van der Waals surface area contributed by atoms with Crippen LogP contribution in [0, 0.1) is 6.92 Å². The molecule has 0 aliphatic heterocycles. The van der Waals surface area contributed by atoms with Gasteiger partial charge in [0.1, 0.15) is 12.0 Å². The number of nitrogens with zero attached hydrogens (tertiary/aromatic N) is 1. The maximum absolute atomic E-state index is 6.01. The molecule has 0 fully saturated rings. The predicted molar refractivity (Wildman–Crippen MR) is 73.0 cm³/mol. The summed E-state index contributed by atoms with van der Waals surface area (Å²) in [6.45, 7) is 1.79. The molecule has 1 atom stereocenters. The van der Waals surface area contributed by atoms with Gasteiger partial charge in [-0.25, -0.2) is 4.98 Å². The van der Waals surface area contributed by atoms with Crippen LogP contribution in [0.3, 0.4) is 0 Å². The lowest BCUT2D eigenvalue weighted by molar-refractivity contribution is 0.405. The number of hydrogen-bond acceptors (Lipinski definition) is 5. The number of methoxy groups -OCH3 is 1. The Morgan fingerprint density at radius 1 is 1.53 bits per heavy atom. The normalized spacial score (nSPS) is 12.4. The van der Waals surface area contributed by atoms with Crippen molar-refractivity contribution in [2.45, 2.75) is 19.4 Å². The van der Waals surface area contributed by atoms with E-state index in [1.165, 1.54) is 0 Å². The molecule has 0 aliphatic carbocycles. The number of ether oxygens (including phenoxy) is 1. The number of aromatic nitrogens is 1. The number of benzene rings is 1. The minimum Gasteiger partial charge on any atom is -0.496 e. The first-order valence-corrected chi connectivity index (χ1v) is 6.22. The summed E-state index contributed by atoms with van der Waals surface area (Å²) in [5.41, 5.74) is 4.44. The number of aryl methyl sites for hydroxylation is 1. The summed E-state index contributed by atoms with van der Waals surface area (Å²) in [4.78, 5) is 4.27. The monoisotopic (exact) mass is 281 g/mol. The first-order valence-electron chi connectivity index (χ1n) is 5.84. The number of hydrogen-bond donors (Lipinski definition) is 2. The van der Waals surface area contributed by atoms with Gasteiger partial charge in [-0.05, 0) is 30.2 Å². The zero-order valence-electron chi connectivity index (χ0n) is 10.8. The Morgan fingerprint density at radius 3 is 2.89 bits per heavy atom. The largest absolute Gasteiger partial charge is 0.496 e. The van der Waals surface area contributed by atoms with Gasteiger partial charge in [0.15, 0.2) is 5.89 Å². The van der Waals surface area contributed by atoms with Crippen molar-refractivity contribution in [2.75, 3.05) is 7.11 Å². The van der Waals surface area contributed by atoms with Crippen LogP contribution in [0.25, 0.3) is 0 Å². The van der Waals surface area contributed by atoms with Crippen molar-refractivity contribution in [2.24, 2.45) is 5.84 Å². The molecule has 2 aromatic rings. The van der Waals surface area contributed by atoms with E-state index in [0.29, 0.717) is 17.3 Å². The van der Waals surface area contributed by atoms with E-state index in [2.05, 4.69) is 10.4 Å². The third-order valence-corrected chi connectivity index (χ3v) is 3.10. The van der Waals surface area contributed by atoms with Gasteiger partial charge < -0.3 is 9.15 Å². The molecule has 2 rings (SSSR count). The fourth-order valence-electron chi connectivity index (χ4n) is 1.92. The number of halogens is 1. The van der Waals surface area contributed by atoms with E-state index in [1.807, 2.05) is 12.1 Å². The van der Waals surface area contributed by atoms with Crippen LogP contribution < -0.4 is 16.0 Å². The first-order chi connectivity index (χ1) is 9.13. The van der Waals surface area contributed by atoms with Crippen LogP contribution in [0.2, 0.25) is 5.02 Å². The fraction of sp³-hybridized carbons (Fsp3) is 0.308. The van der Waals surface area contributed by atoms with E-state index >= 15 is 0 Å². The molecule has 5 nitrogen and oxygen atoms in total. The van der Waals surface area contributed by atoms with Gasteiger partial charge in [-0.1, -0.05) is 11.6 Å². The minimum atomic E-state index is -0.162. The Labute approximate surface area is 116 Å². The van der Waals surface area contributed by atoms with Crippen LogP contribution in [-0.4, -0.2) is 12.1 Å². The van der Waals surface area contributed by atoms with E-state index < -0.39 is 0 Å². The highest BCUT2D eigenvalue weighted by Gasteiger charge is 2.17. The van der Waals surface area contributed by atoms with Gasteiger partial charge in [-0.2, -0.15) is 0 Å². The van der Waals surface area contributed by atoms with Crippen molar-refractivity contribution >= 4 is 11.6 Å². The standard InChI is InChI=1S/C13H16ClN3O2/c1-8-16-12(7-19-8)11(17-15)6-9-5-10(14)3-4-13(9)18-2/h3-5,7,11,17H,6,15H2,1-2H3. The summed E-state index contributed by atoms with van der Waals surface area (Å²) in [7, 11) is 1.62. The lowest BCUT2D eigenvalue weighted by Crippen LogP contribution is -2.30. The molecule has 0 radical (unpaired) electrons. The molecule has 19 heavy (non-hydrogen) atoms. The number of oxazole rings is 1. The third kappa shape index (κ3) is 3.26. The van der Waals surface area contributed by atoms with Crippen molar-refractivity contribution in [3.63, 3.8) is 0 Å². The molecule has 1 aromatic heterocycles. The maximum Gasteiger partial charge on any atom is 0.191 e. The highest BCUT2D eigenvalue weighted by atomic mass is 35.5. The molecule has 0 aliphatic rings. The molecule has 0 saturated carbocycles. The number of nitrogens with two attached hydrogens (primary N) is 1. The van der Waals surface area contributed by atoms with E-state index in [9.17, 15) is 0 Å². The number of nitrogens with one attached hydrogen (secondary N) is 1. The molecule has 1 unspecified atom stereocenters. The highest BCUT2D eigenvalue weighted by Crippen LogP contribution is 2.27. The summed E-state index contributed by atoms with van der Waals surface area (Å²) in [6.07, 6.45) is 2.20. The summed E-state index contributed by atoms with van der Waals surface area (Å²) >= 11 is 6.01. The minimum absolute atomic E-state index is 0.162. The first kappa shape index (κ1) is 13.9. The van der Waals surface area contributed by atoms with Gasteiger partial charge in [0, 0.05) is 11.9 Å². The van der Waals surface area contributed by atoms with Crippen LogP contribution in [-0.2, 0) is 6.42 Å². The van der Waals surface area contributed by atoms with Crippen molar-refractivity contribution in [3.8, 4) is 5.75 Å². The van der Waals surface area contributed by atoms with Gasteiger partial charge in [0.2, 0.25) is 0 Å². The van der Waals surface area contributed by atoms with Gasteiger partial charge in [0.25, 0.3) is 0 Å². The summed E-state index contributed by atoms with van der Waals surface area (Å²) in [5.74, 6) is 6.96. The fourth-order valence-corrected chi connectivity index (χ4v) is 2.11. The van der Waals surface area contributed by atoms with E-state index in [0.717, 1.165) is 17.0 Å². The quantitative estimate of drug-likeness (QED) is 0.650. The molecule has 0 saturated heterocycles. The number of hydrazine groups is 1. The smallest absolute Gasteiger partial charge is 0.191 e. The van der Waals surface area contributed by atoms with Crippen molar-refractivity contribution in [1.29, 1.82) is 0 Å². The second-order valence-corrected chi connectivity index (χ2v) is 4.61. The zero-order chi connectivity index (χ0) is 13.8. The van der Waals surface area contributed by atoms with Crippen LogP contribution in [0.5, 0.6) is 5.75 Å². The summed E-state index contributed by atoms with van der Waals surface area (Å²) in [6, 6.07) is 5.32. The number of rotatable bonds is 5. The lowest BCUT2D eigenvalue weighted by Gasteiger charge is -2.15. The topological polar surface area (TPSA) is 73.3 Å². The molecule has 0 amide bonds. The Hall–Kier alpha value is -1.56. The Morgan fingerprint density at radius 2 is 2.32 bits per heavy atom. The summed E-state index contributed by atoms with van der Waals surface area (Å²) < 4.78 is 10.5.